The number of likely N-dealkylation sites (tertiary alicyclic amines) is 2. The number of benzene rings is 2. The first-order valence-electron chi connectivity index (χ1n) is 14.6. The van der Waals surface area contributed by atoms with E-state index in [0.29, 0.717) is 67.3 Å². The Kier molecular flexibility index (Phi) is 10.2. The van der Waals surface area contributed by atoms with Gasteiger partial charge in [-0.25, -0.2) is 8.78 Å². The summed E-state index contributed by atoms with van der Waals surface area (Å²) in [6.45, 7) is 3.78. The van der Waals surface area contributed by atoms with E-state index >= 15 is 0 Å². The lowest BCUT2D eigenvalue weighted by molar-refractivity contribution is -0.127. The van der Waals surface area contributed by atoms with Crippen LogP contribution in [-0.2, 0) is 15.6 Å². The van der Waals surface area contributed by atoms with Crippen LogP contribution in [0.5, 0.6) is 17.2 Å². The molecule has 2 N–H and O–H groups in total. The number of piperidine rings is 1. The molecule has 3 aromatic rings. The third-order valence-corrected chi connectivity index (χ3v) is 9.53. The van der Waals surface area contributed by atoms with Crippen molar-refractivity contribution in [1.29, 1.82) is 0 Å². The van der Waals surface area contributed by atoms with E-state index in [9.17, 15) is 18.4 Å². The topological polar surface area (TPSA) is 107 Å². The quantitative estimate of drug-likeness (QED) is 0.366. The number of methoxy groups -OCH3 is 3. The molecule has 0 aliphatic carbocycles. The number of hydrogen-bond acceptors (Lipinski definition) is 7. The number of halogens is 3. The molecule has 0 spiro atoms. The van der Waals surface area contributed by atoms with Gasteiger partial charge in [-0.05, 0) is 73.8 Å². The number of hydrogen-bond donors (Lipinski definition) is 1. The summed E-state index contributed by atoms with van der Waals surface area (Å²) in [6.07, 6.45) is 4.58. The van der Waals surface area contributed by atoms with E-state index in [1.807, 2.05) is 13.0 Å². The Morgan fingerprint density at radius 2 is 1.69 bits per heavy atom. The molecule has 5 rings (SSSR count). The SMILES string of the molecule is CCN1CCC(C(N)=O)(c2cccnc2)CC1C1(c2ccc(F)c(F)c2)CCN(C(=O)c2cc(OC)c(OC)c(OC)c2)C1.Cl. The summed E-state index contributed by atoms with van der Waals surface area (Å²) in [5.41, 5.74) is 5.89. The number of ether oxygens (including phenoxy) is 3. The molecule has 2 fully saturated rings. The third kappa shape index (κ3) is 5.91. The van der Waals surface area contributed by atoms with Crippen molar-refractivity contribution in [2.75, 3.05) is 47.5 Å². The van der Waals surface area contributed by atoms with Crippen LogP contribution >= 0.6 is 12.4 Å². The van der Waals surface area contributed by atoms with Crippen LogP contribution in [-0.4, -0.2) is 80.1 Å². The molecule has 2 aliphatic rings. The van der Waals surface area contributed by atoms with Gasteiger partial charge in [-0.15, -0.1) is 12.4 Å². The molecule has 2 saturated heterocycles. The number of carbonyl (C=O) groups is 2. The highest BCUT2D eigenvalue weighted by Gasteiger charge is 2.55. The second kappa shape index (κ2) is 13.6. The minimum absolute atomic E-state index is 0. The standard InChI is InChI=1S/C33H38F2N4O5.ClH/c1-5-38-13-10-32(31(36)41,23-7-6-12-37-19-23)18-28(38)33(22-8-9-24(34)25(35)17-22)11-14-39(20-33)30(40)21-15-26(42-2)29(44-4)27(16-21)43-3;/h6-9,12,15-17,19,28H,5,10-11,13-14,18,20H2,1-4H3,(H2,36,41);1H. The van der Waals surface area contributed by atoms with Crippen molar-refractivity contribution in [3.63, 3.8) is 0 Å². The number of rotatable bonds is 9. The molecular formula is C33H39ClF2N4O5. The number of likely N-dealkylation sites (N-methyl/N-ethyl adjacent to an activating group) is 1. The molecular weight excluding hydrogens is 606 g/mol. The maximum atomic E-state index is 14.9. The first kappa shape index (κ1) is 33.9. The normalized spacial score (nSPS) is 23.2. The molecule has 242 valence electrons. The Morgan fingerprint density at radius 1 is 0.978 bits per heavy atom. The number of primary amides is 1. The van der Waals surface area contributed by atoms with Gasteiger partial charge in [0, 0.05) is 42.5 Å². The molecule has 1 aromatic heterocycles. The van der Waals surface area contributed by atoms with E-state index in [4.69, 9.17) is 19.9 Å². The van der Waals surface area contributed by atoms with Crippen LogP contribution in [0.2, 0.25) is 0 Å². The van der Waals surface area contributed by atoms with Gasteiger partial charge < -0.3 is 24.8 Å². The molecule has 3 unspecified atom stereocenters. The van der Waals surface area contributed by atoms with Crippen LogP contribution in [0.25, 0.3) is 0 Å². The average Bonchev–Trinajstić information content (AvgIpc) is 3.51. The number of nitrogens with two attached hydrogens (primary N) is 1. The zero-order valence-corrected chi connectivity index (χ0v) is 26.7. The fourth-order valence-corrected chi connectivity index (χ4v) is 7.15. The van der Waals surface area contributed by atoms with E-state index in [0.717, 1.165) is 11.6 Å². The Balaban J connectivity index is 0.00000461. The van der Waals surface area contributed by atoms with Gasteiger partial charge >= 0.3 is 0 Å². The van der Waals surface area contributed by atoms with Crippen molar-refractivity contribution in [3.8, 4) is 17.2 Å². The van der Waals surface area contributed by atoms with Gasteiger partial charge in [-0.3, -0.25) is 19.5 Å². The maximum Gasteiger partial charge on any atom is 0.254 e. The first-order chi connectivity index (χ1) is 21.1. The number of amides is 2. The third-order valence-electron chi connectivity index (χ3n) is 9.53. The summed E-state index contributed by atoms with van der Waals surface area (Å²) in [5.74, 6) is -1.62. The summed E-state index contributed by atoms with van der Waals surface area (Å²) in [7, 11) is 4.44. The fraction of sp³-hybridized carbons (Fsp3) is 0.424. The van der Waals surface area contributed by atoms with Crippen LogP contribution in [0.1, 0.15) is 47.7 Å². The van der Waals surface area contributed by atoms with Gasteiger partial charge in [0.05, 0.1) is 26.7 Å². The van der Waals surface area contributed by atoms with Gasteiger partial charge in [0.15, 0.2) is 23.1 Å². The lowest BCUT2D eigenvalue weighted by Gasteiger charge is -2.52. The van der Waals surface area contributed by atoms with E-state index in [-0.39, 0.29) is 30.9 Å². The molecule has 9 nitrogen and oxygen atoms in total. The van der Waals surface area contributed by atoms with E-state index in [1.165, 1.54) is 27.4 Å². The molecule has 3 atom stereocenters. The van der Waals surface area contributed by atoms with Crippen molar-refractivity contribution < 1.29 is 32.6 Å². The van der Waals surface area contributed by atoms with E-state index < -0.39 is 28.4 Å². The summed E-state index contributed by atoms with van der Waals surface area (Å²) in [6, 6.07) is 10.4. The van der Waals surface area contributed by atoms with E-state index in [1.54, 1.807) is 41.6 Å². The molecule has 3 heterocycles. The van der Waals surface area contributed by atoms with Crippen LogP contribution in [0.15, 0.2) is 54.9 Å². The monoisotopic (exact) mass is 644 g/mol. The summed E-state index contributed by atoms with van der Waals surface area (Å²) in [4.78, 5) is 35.6. The number of nitrogens with zero attached hydrogens (tertiary/aromatic N) is 3. The summed E-state index contributed by atoms with van der Waals surface area (Å²) >= 11 is 0. The lowest BCUT2D eigenvalue weighted by atomic mass is 9.62. The smallest absolute Gasteiger partial charge is 0.254 e. The Labute approximate surface area is 268 Å². The second-order valence-corrected chi connectivity index (χ2v) is 11.5. The Morgan fingerprint density at radius 3 is 2.24 bits per heavy atom. The van der Waals surface area contributed by atoms with Crippen molar-refractivity contribution in [3.05, 3.63) is 83.2 Å². The Bertz CT molecular complexity index is 1520. The maximum absolute atomic E-state index is 14.9. The average molecular weight is 645 g/mol. The molecule has 12 heteroatoms. The highest BCUT2D eigenvalue weighted by atomic mass is 35.5. The molecule has 2 aliphatic heterocycles. The van der Waals surface area contributed by atoms with Gasteiger partial charge in [0.1, 0.15) is 0 Å². The van der Waals surface area contributed by atoms with Crippen molar-refractivity contribution in [2.24, 2.45) is 5.73 Å². The fourth-order valence-electron chi connectivity index (χ4n) is 7.15. The van der Waals surface area contributed by atoms with Crippen LogP contribution in [0.3, 0.4) is 0 Å². The number of carbonyl (C=O) groups excluding carboxylic acids is 2. The minimum atomic E-state index is -1.02. The van der Waals surface area contributed by atoms with Crippen LogP contribution in [0.4, 0.5) is 8.78 Å². The van der Waals surface area contributed by atoms with E-state index in [2.05, 4.69) is 9.88 Å². The zero-order chi connectivity index (χ0) is 31.6. The van der Waals surface area contributed by atoms with Crippen molar-refractivity contribution >= 4 is 24.2 Å². The first-order valence-corrected chi connectivity index (χ1v) is 14.6. The molecule has 0 bridgehead atoms. The summed E-state index contributed by atoms with van der Waals surface area (Å²) < 4.78 is 45.4. The highest BCUT2D eigenvalue weighted by Crippen LogP contribution is 2.49. The number of pyridine rings is 1. The van der Waals surface area contributed by atoms with Gasteiger partial charge in [0.25, 0.3) is 5.91 Å². The largest absolute Gasteiger partial charge is 0.493 e. The molecule has 2 aromatic carbocycles. The summed E-state index contributed by atoms with van der Waals surface area (Å²) in [5, 5.41) is 0. The van der Waals surface area contributed by atoms with Crippen LogP contribution < -0.4 is 19.9 Å². The molecule has 45 heavy (non-hydrogen) atoms. The van der Waals surface area contributed by atoms with Gasteiger partial charge in [-0.2, -0.15) is 0 Å². The molecule has 2 amide bonds. The minimum Gasteiger partial charge on any atom is -0.493 e. The van der Waals surface area contributed by atoms with Crippen molar-refractivity contribution in [2.45, 2.75) is 43.1 Å². The number of aromatic nitrogens is 1. The predicted molar refractivity (Wildman–Crippen MR) is 167 cm³/mol. The Hall–Kier alpha value is -3.96. The predicted octanol–water partition coefficient (Wildman–Crippen LogP) is 4.50. The molecule has 0 radical (unpaired) electrons. The zero-order valence-electron chi connectivity index (χ0n) is 25.8. The molecule has 0 saturated carbocycles. The highest BCUT2D eigenvalue weighted by molar-refractivity contribution is 5.96. The second-order valence-electron chi connectivity index (χ2n) is 11.5. The lowest BCUT2D eigenvalue weighted by Crippen LogP contribution is -2.61. The van der Waals surface area contributed by atoms with Gasteiger partial charge in [0.2, 0.25) is 11.7 Å². The van der Waals surface area contributed by atoms with Crippen molar-refractivity contribution in [1.82, 2.24) is 14.8 Å². The van der Waals surface area contributed by atoms with Gasteiger partial charge in [-0.1, -0.05) is 19.1 Å². The van der Waals surface area contributed by atoms with Crippen LogP contribution in [0, 0.1) is 11.6 Å².